The lowest BCUT2D eigenvalue weighted by Gasteiger charge is -2.10. The molecule has 3 aromatic carbocycles. The lowest BCUT2D eigenvalue weighted by molar-refractivity contribution is 0.0953. The number of aromatic nitrogens is 1. The monoisotopic (exact) mass is 534 g/mol. The highest BCUT2D eigenvalue weighted by molar-refractivity contribution is 6.02. The standard InChI is InChI=1S/C25H34N4O.C7H6F2/c1-3-5-13-29-14-10-22-23(26)16-21(17-24(22)29)25(30)28-12-7-11-27-18-20-9-6-8-19(4-2)15-20;1-5-2-6(8)4-7(9)3-5/h6,8-10,14-17,27H,3-5,7,11-13,18,26H2,1-2H3,(H,28,30);2-4H,1H3. The minimum Gasteiger partial charge on any atom is -0.398 e. The molecule has 0 atom stereocenters. The second-order valence-electron chi connectivity index (χ2n) is 9.77. The number of nitrogen functional groups attached to an aromatic ring is 1. The van der Waals surface area contributed by atoms with Crippen molar-refractivity contribution in [2.24, 2.45) is 0 Å². The van der Waals surface area contributed by atoms with E-state index in [0.29, 0.717) is 23.4 Å². The summed E-state index contributed by atoms with van der Waals surface area (Å²) in [5.74, 6) is -1.11. The Morgan fingerprint density at radius 1 is 0.923 bits per heavy atom. The van der Waals surface area contributed by atoms with E-state index >= 15 is 0 Å². The summed E-state index contributed by atoms with van der Waals surface area (Å²) in [6.45, 7) is 9.28. The van der Waals surface area contributed by atoms with Crippen molar-refractivity contribution in [3.8, 4) is 0 Å². The molecule has 7 heteroatoms. The van der Waals surface area contributed by atoms with Crippen LogP contribution >= 0.6 is 0 Å². The SMILES string of the molecule is CCCCn1ccc2c(N)cc(C(=O)NCCCNCc3cccc(CC)c3)cc21.Cc1cc(F)cc(F)c1. The van der Waals surface area contributed by atoms with Crippen LogP contribution in [0.1, 0.15) is 60.2 Å². The highest BCUT2D eigenvalue weighted by Crippen LogP contribution is 2.25. The molecule has 1 aromatic heterocycles. The van der Waals surface area contributed by atoms with Gasteiger partial charge in [-0.15, -0.1) is 0 Å². The van der Waals surface area contributed by atoms with Crippen LogP contribution in [0.2, 0.25) is 0 Å². The average molecular weight is 535 g/mol. The molecule has 0 bridgehead atoms. The molecule has 4 N–H and O–H groups in total. The molecule has 0 aliphatic carbocycles. The van der Waals surface area contributed by atoms with Crippen LogP contribution < -0.4 is 16.4 Å². The number of nitrogens with one attached hydrogen (secondary N) is 2. The minimum atomic E-state index is -0.521. The number of hydrogen-bond donors (Lipinski definition) is 3. The molecule has 0 unspecified atom stereocenters. The summed E-state index contributed by atoms with van der Waals surface area (Å²) in [6.07, 6.45) is 6.23. The Hall–Kier alpha value is -3.71. The van der Waals surface area contributed by atoms with Crippen LogP contribution in [0.25, 0.3) is 10.9 Å². The molecule has 39 heavy (non-hydrogen) atoms. The first-order valence-electron chi connectivity index (χ1n) is 13.7. The van der Waals surface area contributed by atoms with Crippen molar-refractivity contribution in [3.63, 3.8) is 0 Å². The number of carbonyl (C=O) groups is 1. The van der Waals surface area contributed by atoms with Crippen LogP contribution in [-0.2, 0) is 19.5 Å². The zero-order valence-electron chi connectivity index (χ0n) is 23.2. The van der Waals surface area contributed by atoms with Gasteiger partial charge >= 0.3 is 0 Å². The molecule has 1 amide bonds. The largest absolute Gasteiger partial charge is 0.398 e. The molecule has 1 heterocycles. The lowest BCUT2D eigenvalue weighted by atomic mass is 10.1. The van der Waals surface area contributed by atoms with Crippen molar-refractivity contribution >= 4 is 22.5 Å². The molecule has 5 nitrogen and oxygen atoms in total. The van der Waals surface area contributed by atoms with E-state index in [2.05, 4.69) is 59.5 Å². The summed E-state index contributed by atoms with van der Waals surface area (Å²) in [5, 5.41) is 7.48. The van der Waals surface area contributed by atoms with Crippen LogP contribution in [0.4, 0.5) is 14.5 Å². The Balaban J connectivity index is 0.000000395. The van der Waals surface area contributed by atoms with E-state index in [1.165, 1.54) is 23.3 Å². The third-order valence-electron chi connectivity index (χ3n) is 6.49. The predicted octanol–water partition coefficient (Wildman–Crippen LogP) is 6.77. The second-order valence-corrected chi connectivity index (χ2v) is 9.77. The van der Waals surface area contributed by atoms with Gasteiger partial charge in [-0.25, -0.2) is 8.78 Å². The number of nitrogens with zero attached hydrogens (tertiary/aromatic N) is 1. The summed E-state index contributed by atoms with van der Waals surface area (Å²) in [4.78, 5) is 12.6. The molecular weight excluding hydrogens is 494 g/mol. The molecule has 0 aliphatic heterocycles. The van der Waals surface area contributed by atoms with Crippen molar-refractivity contribution in [3.05, 3.63) is 101 Å². The van der Waals surface area contributed by atoms with Gasteiger partial charge in [0.1, 0.15) is 11.6 Å². The Bertz CT molecular complexity index is 1320. The Morgan fingerprint density at radius 2 is 1.67 bits per heavy atom. The fourth-order valence-electron chi connectivity index (χ4n) is 4.38. The summed E-state index contributed by atoms with van der Waals surface area (Å²) < 4.78 is 26.6. The van der Waals surface area contributed by atoms with Gasteiger partial charge in [-0.3, -0.25) is 4.79 Å². The van der Waals surface area contributed by atoms with Gasteiger partial charge in [0.2, 0.25) is 0 Å². The molecule has 0 fully saturated rings. The Labute approximate surface area is 230 Å². The van der Waals surface area contributed by atoms with Gasteiger partial charge in [0.15, 0.2) is 0 Å². The van der Waals surface area contributed by atoms with Crippen molar-refractivity contribution in [1.82, 2.24) is 15.2 Å². The van der Waals surface area contributed by atoms with Gasteiger partial charge in [-0.2, -0.15) is 0 Å². The number of rotatable bonds is 11. The van der Waals surface area contributed by atoms with Gasteiger partial charge in [-0.1, -0.05) is 44.5 Å². The first-order chi connectivity index (χ1) is 18.8. The van der Waals surface area contributed by atoms with E-state index in [-0.39, 0.29) is 5.91 Å². The lowest BCUT2D eigenvalue weighted by Crippen LogP contribution is -2.27. The normalized spacial score (nSPS) is 10.8. The molecule has 208 valence electrons. The molecule has 0 aliphatic rings. The maximum atomic E-state index is 12.6. The minimum absolute atomic E-state index is 0.0671. The Kier molecular flexibility index (Phi) is 11.5. The predicted molar refractivity (Wildman–Crippen MR) is 157 cm³/mol. The fourth-order valence-corrected chi connectivity index (χ4v) is 4.38. The number of anilines is 1. The zero-order valence-corrected chi connectivity index (χ0v) is 23.2. The number of carbonyl (C=O) groups excluding carboxylic acids is 1. The molecular formula is C32H40F2N4O. The molecule has 4 aromatic rings. The molecule has 0 saturated heterocycles. The third kappa shape index (κ3) is 9.21. The van der Waals surface area contributed by atoms with E-state index in [9.17, 15) is 13.6 Å². The average Bonchev–Trinajstić information content (AvgIpc) is 3.32. The van der Waals surface area contributed by atoms with E-state index in [1.54, 1.807) is 13.0 Å². The highest BCUT2D eigenvalue weighted by Gasteiger charge is 2.11. The third-order valence-corrected chi connectivity index (χ3v) is 6.49. The first-order valence-corrected chi connectivity index (χ1v) is 13.7. The van der Waals surface area contributed by atoms with Gasteiger partial charge in [0, 0.05) is 48.5 Å². The quantitative estimate of drug-likeness (QED) is 0.147. The molecule has 0 radical (unpaired) electrons. The van der Waals surface area contributed by atoms with Gasteiger partial charge in [0.25, 0.3) is 5.91 Å². The van der Waals surface area contributed by atoms with Crippen LogP contribution in [-0.4, -0.2) is 23.6 Å². The number of halogens is 2. The second kappa shape index (κ2) is 15.0. The highest BCUT2D eigenvalue weighted by atomic mass is 19.1. The van der Waals surface area contributed by atoms with Crippen molar-refractivity contribution in [2.75, 3.05) is 18.8 Å². The van der Waals surface area contributed by atoms with E-state index in [0.717, 1.165) is 62.3 Å². The maximum Gasteiger partial charge on any atom is 0.251 e. The number of fused-ring (bicyclic) bond motifs is 1. The Morgan fingerprint density at radius 3 is 2.36 bits per heavy atom. The van der Waals surface area contributed by atoms with Crippen molar-refractivity contribution < 1.29 is 13.6 Å². The summed E-state index contributed by atoms with van der Waals surface area (Å²) in [6, 6.07) is 17.8. The van der Waals surface area contributed by atoms with E-state index in [1.807, 2.05) is 12.1 Å². The van der Waals surface area contributed by atoms with Gasteiger partial charge < -0.3 is 20.9 Å². The van der Waals surface area contributed by atoms with Crippen LogP contribution in [0.15, 0.2) is 66.9 Å². The van der Waals surface area contributed by atoms with Crippen LogP contribution in [0.5, 0.6) is 0 Å². The molecule has 0 saturated carbocycles. The number of hydrogen-bond acceptors (Lipinski definition) is 3. The zero-order chi connectivity index (χ0) is 28.2. The number of amides is 1. The smallest absolute Gasteiger partial charge is 0.251 e. The number of nitrogens with two attached hydrogens (primary N) is 1. The number of unbranched alkanes of at least 4 members (excludes halogenated alkanes) is 1. The van der Waals surface area contributed by atoms with Crippen molar-refractivity contribution in [1.29, 1.82) is 0 Å². The first kappa shape index (κ1) is 29.8. The van der Waals surface area contributed by atoms with Crippen LogP contribution in [0, 0.1) is 18.6 Å². The van der Waals surface area contributed by atoms with Crippen LogP contribution in [0.3, 0.4) is 0 Å². The van der Waals surface area contributed by atoms with Crippen molar-refractivity contribution in [2.45, 2.75) is 59.5 Å². The van der Waals surface area contributed by atoms with E-state index < -0.39 is 11.6 Å². The topological polar surface area (TPSA) is 72.1 Å². The summed E-state index contributed by atoms with van der Waals surface area (Å²) >= 11 is 0. The molecule has 4 rings (SSSR count). The fraction of sp³-hybridized carbons (Fsp3) is 0.344. The maximum absolute atomic E-state index is 12.6. The number of benzene rings is 3. The van der Waals surface area contributed by atoms with E-state index in [4.69, 9.17) is 5.73 Å². The molecule has 0 spiro atoms. The summed E-state index contributed by atoms with van der Waals surface area (Å²) in [7, 11) is 0. The van der Waals surface area contributed by atoms with Gasteiger partial charge in [-0.05, 0) is 79.8 Å². The summed E-state index contributed by atoms with van der Waals surface area (Å²) in [5.41, 5.74) is 11.8. The van der Waals surface area contributed by atoms with Gasteiger partial charge in [0.05, 0.1) is 5.52 Å². The number of aryl methyl sites for hydroxylation is 3.